The molecule has 0 aromatic carbocycles. The summed E-state index contributed by atoms with van der Waals surface area (Å²) in [7, 11) is 0. The monoisotopic (exact) mass is 205 g/mol. The minimum atomic E-state index is -0.724. The van der Waals surface area contributed by atoms with Gasteiger partial charge in [0.25, 0.3) is 0 Å². The highest BCUT2D eigenvalue weighted by atomic mass is 35.5. The average molecular weight is 206 g/mol. The molecule has 1 saturated carbocycles. The molecule has 2 fully saturated rings. The molecule has 2 rings (SSSR count). The number of hydrogen-bond donors (Lipinski definition) is 1. The van der Waals surface area contributed by atoms with E-state index in [0.29, 0.717) is 19.7 Å². The van der Waals surface area contributed by atoms with Crippen LogP contribution in [0.1, 0.15) is 12.8 Å². The summed E-state index contributed by atoms with van der Waals surface area (Å²) in [6.07, 6.45) is 1.48. The summed E-state index contributed by atoms with van der Waals surface area (Å²) in [5.41, 5.74) is -0.970. The number of aliphatic carboxylic acids is 1. The molecule has 1 unspecified atom stereocenters. The lowest BCUT2D eigenvalue weighted by atomic mass is 10.2. The standard InChI is InChI=1S/C8H12ClNO3/c9-6-5-10(3-4-13-6)8(1-2-8)7(11)12/h6H,1-5H2,(H,11,12). The van der Waals surface area contributed by atoms with E-state index in [-0.39, 0.29) is 5.56 Å². The second kappa shape index (κ2) is 3.12. The molecular weight excluding hydrogens is 194 g/mol. The zero-order valence-electron chi connectivity index (χ0n) is 7.20. The SMILES string of the molecule is O=C(O)C1(N2CCOC(Cl)C2)CC1. The largest absolute Gasteiger partial charge is 0.480 e. The lowest BCUT2D eigenvalue weighted by molar-refractivity contribution is -0.147. The van der Waals surface area contributed by atoms with Gasteiger partial charge in [-0.1, -0.05) is 11.6 Å². The Kier molecular flexibility index (Phi) is 2.21. The van der Waals surface area contributed by atoms with Crippen LogP contribution < -0.4 is 0 Å². The molecule has 1 atom stereocenters. The van der Waals surface area contributed by atoms with Crippen molar-refractivity contribution >= 4 is 17.6 Å². The number of morpholine rings is 1. The molecule has 0 aromatic rings. The van der Waals surface area contributed by atoms with Crippen LogP contribution in [0.4, 0.5) is 0 Å². The molecule has 0 spiro atoms. The van der Waals surface area contributed by atoms with E-state index < -0.39 is 11.5 Å². The first-order chi connectivity index (χ1) is 6.15. The van der Waals surface area contributed by atoms with Crippen LogP contribution in [-0.2, 0) is 9.53 Å². The Bertz CT molecular complexity index is 229. The highest BCUT2D eigenvalue weighted by Crippen LogP contribution is 2.42. The van der Waals surface area contributed by atoms with Crippen molar-refractivity contribution in [3.63, 3.8) is 0 Å². The first-order valence-electron chi connectivity index (χ1n) is 4.39. The number of carbonyl (C=O) groups is 1. The second-order valence-electron chi connectivity index (χ2n) is 3.56. The van der Waals surface area contributed by atoms with Gasteiger partial charge in [-0.05, 0) is 12.8 Å². The fourth-order valence-corrected chi connectivity index (χ4v) is 2.04. The molecule has 0 aromatic heterocycles. The van der Waals surface area contributed by atoms with Gasteiger partial charge < -0.3 is 9.84 Å². The molecule has 1 saturated heterocycles. The smallest absolute Gasteiger partial charge is 0.324 e. The van der Waals surface area contributed by atoms with Crippen molar-refractivity contribution in [2.24, 2.45) is 0 Å². The third kappa shape index (κ3) is 1.54. The molecule has 5 heteroatoms. The molecule has 2 aliphatic rings. The molecule has 74 valence electrons. The van der Waals surface area contributed by atoms with E-state index in [1.54, 1.807) is 0 Å². The van der Waals surface area contributed by atoms with Crippen molar-refractivity contribution in [1.82, 2.24) is 4.90 Å². The summed E-state index contributed by atoms with van der Waals surface area (Å²) in [6, 6.07) is 0. The van der Waals surface area contributed by atoms with E-state index in [1.807, 2.05) is 4.90 Å². The van der Waals surface area contributed by atoms with Gasteiger partial charge in [0.1, 0.15) is 11.1 Å². The van der Waals surface area contributed by atoms with Gasteiger partial charge >= 0.3 is 5.97 Å². The van der Waals surface area contributed by atoms with E-state index in [4.69, 9.17) is 21.4 Å². The zero-order valence-corrected chi connectivity index (χ0v) is 7.96. The van der Waals surface area contributed by atoms with Gasteiger partial charge in [-0.3, -0.25) is 9.69 Å². The Morgan fingerprint density at radius 3 is 2.77 bits per heavy atom. The lowest BCUT2D eigenvalue weighted by Gasteiger charge is -2.34. The van der Waals surface area contributed by atoms with Gasteiger partial charge in [-0.25, -0.2) is 0 Å². The summed E-state index contributed by atoms with van der Waals surface area (Å²) >= 11 is 5.79. The van der Waals surface area contributed by atoms with Gasteiger partial charge in [0, 0.05) is 13.1 Å². The van der Waals surface area contributed by atoms with Crippen LogP contribution in [-0.4, -0.2) is 46.8 Å². The summed E-state index contributed by atoms with van der Waals surface area (Å²) < 4.78 is 5.14. The van der Waals surface area contributed by atoms with E-state index in [0.717, 1.165) is 12.8 Å². The molecule has 0 bridgehead atoms. The van der Waals surface area contributed by atoms with Gasteiger partial charge in [0.05, 0.1) is 6.61 Å². The maximum atomic E-state index is 11.0. The van der Waals surface area contributed by atoms with Crippen LogP contribution in [0, 0.1) is 0 Å². The van der Waals surface area contributed by atoms with E-state index in [2.05, 4.69) is 0 Å². The van der Waals surface area contributed by atoms with Crippen LogP contribution in [0.2, 0.25) is 0 Å². The van der Waals surface area contributed by atoms with Gasteiger partial charge in [-0.2, -0.15) is 0 Å². The molecule has 1 aliphatic carbocycles. The molecule has 1 N–H and O–H groups in total. The van der Waals surface area contributed by atoms with Crippen molar-refractivity contribution in [2.75, 3.05) is 19.7 Å². The Morgan fingerprint density at radius 1 is 1.62 bits per heavy atom. The summed E-state index contributed by atoms with van der Waals surface area (Å²) in [4.78, 5) is 12.9. The molecule has 4 nitrogen and oxygen atoms in total. The Hall–Kier alpha value is -0.320. The molecule has 13 heavy (non-hydrogen) atoms. The number of nitrogens with zero attached hydrogens (tertiary/aromatic N) is 1. The van der Waals surface area contributed by atoms with E-state index in [9.17, 15) is 4.79 Å². The number of carboxylic acids is 1. The highest BCUT2D eigenvalue weighted by Gasteiger charge is 2.55. The van der Waals surface area contributed by atoms with Crippen molar-refractivity contribution in [2.45, 2.75) is 23.9 Å². The molecular formula is C8H12ClNO3. The highest BCUT2D eigenvalue weighted by molar-refractivity contribution is 6.19. The van der Waals surface area contributed by atoms with Gasteiger partial charge in [0.2, 0.25) is 0 Å². The minimum Gasteiger partial charge on any atom is -0.480 e. The van der Waals surface area contributed by atoms with Crippen LogP contribution in [0.25, 0.3) is 0 Å². The van der Waals surface area contributed by atoms with Crippen molar-refractivity contribution in [3.8, 4) is 0 Å². The fraction of sp³-hybridized carbons (Fsp3) is 0.875. The van der Waals surface area contributed by atoms with Crippen molar-refractivity contribution < 1.29 is 14.6 Å². The van der Waals surface area contributed by atoms with E-state index in [1.165, 1.54) is 0 Å². The maximum Gasteiger partial charge on any atom is 0.324 e. The van der Waals surface area contributed by atoms with Gasteiger partial charge in [-0.15, -0.1) is 0 Å². The third-order valence-corrected chi connectivity index (χ3v) is 3.01. The lowest BCUT2D eigenvalue weighted by Crippen LogP contribution is -2.51. The number of halogens is 1. The number of rotatable bonds is 2. The quantitative estimate of drug-likeness (QED) is 0.667. The summed E-state index contributed by atoms with van der Waals surface area (Å²) in [6.45, 7) is 1.73. The zero-order chi connectivity index (χ0) is 9.47. The second-order valence-corrected chi connectivity index (χ2v) is 4.05. The van der Waals surface area contributed by atoms with Crippen LogP contribution in [0.5, 0.6) is 0 Å². The predicted octanol–water partition coefficient (Wildman–Crippen LogP) is 0.501. The molecule has 0 radical (unpaired) electrons. The van der Waals surface area contributed by atoms with Crippen LogP contribution in [0.15, 0.2) is 0 Å². The molecule has 1 aliphatic heterocycles. The fourth-order valence-electron chi connectivity index (χ4n) is 1.78. The van der Waals surface area contributed by atoms with Crippen molar-refractivity contribution in [1.29, 1.82) is 0 Å². The third-order valence-electron chi connectivity index (χ3n) is 2.75. The number of hydrogen-bond acceptors (Lipinski definition) is 3. The van der Waals surface area contributed by atoms with Crippen molar-refractivity contribution in [3.05, 3.63) is 0 Å². The van der Waals surface area contributed by atoms with Crippen LogP contribution in [0.3, 0.4) is 0 Å². The topological polar surface area (TPSA) is 49.8 Å². The minimum absolute atomic E-state index is 0.356. The van der Waals surface area contributed by atoms with Crippen LogP contribution >= 0.6 is 11.6 Å². The molecule has 1 heterocycles. The van der Waals surface area contributed by atoms with E-state index >= 15 is 0 Å². The normalized spacial score (nSPS) is 32.8. The Balaban J connectivity index is 2.03. The first-order valence-corrected chi connectivity index (χ1v) is 4.83. The summed E-state index contributed by atoms with van der Waals surface area (Å²) in [5.74, 6) is -0.724. The number of ether oxygens (including phenoxy) is 1. The predicted molar refractivity (Wildman–Crippen MR) is 46.8 cm³/mol. The number of alkyl halides is 1. The summed E-state index contributed by atoms with van der Waals surface area (Å²) in [5, 5.41) is 9.02. The Labute approximate surface area is 81.4 Å². The maximum absolute atomic E-state index is 11.0. The molecule has 0 amide bonds. The van der Waals surface area contributed by atoms with Gasteiger partial charge in [0.15, 0.2) is 0 Å². The average Bonchev–Trinajstić information content (AvgIpc) is 2.83. The first kappa shape index (κ1) is 9.24. The Morgan fingerprint density at radius 2 is 2.31 bits per heavy atom. The number of carboxylic acid groups (broad SMARTS) is 1.